The summed E-state index contributed by atoms with van der Waals surface area (Å²) in [5.74, 6) is 0.904. The number of hydrogen-bond donors (Lipinski definition) is 1. The van der Waals surface area contributed by atoms with Gasteiger partial charge in [0, 0.05) is 37.9 Å². The minimum atomic E-state index is -0.109. The summed E-state index contributed by atoms with van der Waals surface area (Å²) in [5.41, 5.74) is 1.26. The second-order valence-corrected chi connectivity index (χ2v) is 5.79. The molecule has 1 aromatic rings. The van der Waals surface area contributed by atoms with Crippen LogP contribution in [0.3, 0.4) is 0 Å². The lowest BCUT2D eigenvalue weighted by Gasteiger charge is -2.40. The molecule has 1 saturated heterocycles. The van der Waals surface area contributed by atoms with Gasteiger partial charge in [0.1, 0.15) is 5.75 Å². The van der Waals surface area contributed by atoms with Crippen molar-refractivity contribution in [2.45, 2.75) is 31.4 Å². The van der Waals surface area contributed by atoms with E-state index in [0.717, 1.165) is 44.8 Å². The number of nitrogens with zero attached hydrogens (tertiary/aromatic N) is 2. The highest BCUT2D eigenvalue weighted by Crippen LogP contribution is 2.26. The fourth-order valence-corrected chi connectivity index (χ4v) is 3.45. The molecule has 1 N–H and O–H groups in total. The second-order valence-electron chi connectivity index (χ2n) is 5.79. The highest BCUT2D eigenvalue weighted by atomic mass is 16.5. The van der Waals surface area contributed by atoms with Crippen LogP contribution in [0.15, 0.2) is 24.3 Å². The number of aliphatic hydroxyl groups is 1. The molecule has 0 unspecified atom stereocenters. The van der Waals surface area contributed by atoms with Crippen LogP contribution in [0.2, 0.25) is 0 Å². The lowest BCUT2D eigenvalue weighted by Crippen LogP contribution is -2.52. The van der Waals surface area contributed by atoms with Gasteiger partial charge in [0.25, 0.3) is 0 Å². The molecule has 0 radical (unpaired) electrons. The summed E-state index contributed by atoms with van der Waals surface area (Å²) in [7, 11) is 1.70. The Morgan fingerprint density at radius 1 is 1.05 bits per heavy atom. The van der Waals surface area contributed by atoms with E-state index >= 15 is 0 Å². The number of aliphatic hydroxyl groups excluding tert-OH is 1. The average Bonchev–Trinajstić information content (AvgIpc) is 2.94. The minimum absolute atomic E-state index is 0.109. The Bertz CT molecular complexity index is 427. The Hall–Kier alpha value is -1.26. The van der Waals surface area contributed by atoms with Crippen LogP contribution < -0.4 is 9.64 Å². The first-order valence-corrected chi connectivity index (χ1v) is 7.59. The summed E-state index contributed by atoms with van der Waals surface area (Å²) >= 11 is 0. The number of piperazine rings is 1. The maximum atomic E-state index is 10.0. The predicted octanol–water partition coefficient (Wildman–Crippen LogP) is 1.73. The van der Waals surface area contributed by atoms with Crippen molar-refractivity contribution in [3.05, 3.63) is 24.3 Å². The number of rotatable bonds is 3. The standard InChI is InChI=1S/C16H24N2O2/c1-20-14-7-5-13(6-8-14)17-9-11-18(12-10-17)15-3-2-4-16(15)19/h5-8,15-16,19H,2-4,9-12H2,1H3/t15-,16-/m1/s1. The lowest BCUT2D eigenvalue weighted by atomic mass is 10.1. The molecular formula is C16H24N2O2. The van der Waals surface area contributed by atoms with Gasteiger partial charge in [-0.2, -0.15) is 0 Å². The van der Waals surface area contributed by atoms with E-state index in [1.807, 2.05) is 12.1 Å². The Balaban J connectivity index is 1.57. The van der Waals surface area contributed by atoms with Crippen molar-refractivity contribution >= 4 is 5.69 Å². The molecule has 110 valence electrons. The third-order valence-corrected chi connectivity index (χ3v) is 4.66. The molecule has 2 fully saturated rings. The van der Waals surface area contributed by atoms with Crippen molar-refractivity contribution in [1.82, 2.24) is 4.90 Å². The molecular weight excluding hydrogens is 252 g/mol. The third-order valence-electron chi connectivity index (χ3n) is 4.66. The molecule has 4 nitrogen and oxygen atoms in total. The normalized spacial score (nSPS) is 27.8. The van der Waals surface area contributed by atoms with Gasteiger partial charge < -0.3 is 14.7 Å². The van der Waals surface area contributed by atoms with Crippen LogP contribution in [0.5, 0.6) is 5.75 Å². The molecule has 3 rings (SSSR count). The van der Waals surface area contributed by atoms with E-state index in [4.69, 9.17) is 4.74 Å². The van der Waals surface area contributed by atoms with Gasteiger partial charge in [0.2, 0.25) is 0 Å². The zero-order valence-electron chi connectivity index (χ0n) is 12.2. The Kier molecular flexibility index (Phi) is 4.13. The van der Waals surface area contributed by atoms with Gasteiger partial charge in [-0.05, 0) is 43.5 Å². The van der Waals surface area contributed by atoms with E-state index in [-0.39, 0.29) is 6.10 Å². The number of benzene rings is 1. The Morgan fingerprint density at radius 3 is 2.30 bits per heavy atom. The highest BCUT2D eigenvalue weighted by Gasteiger charge is 2.32. The van der Waals surface area contributed by atoms with Gasteiger partial charge in [0.15, 0.2) is 0 Å². The zero-order chi connectivity index (χ0) is 13.9. The van der Waals surface area contributed by atoms with Gasteiger partial charge in [-0.3, -0.25) is 4.90 Å². The SMILES string of the molecule is COc1ccc(N2CCN([C@@H]3CCC[C@H]3O)CC2)cc1. The molecule has 1 aliphatic carbocycles. The summed E-state index contributed by atoms with van der Waals surface area (Å²) < 4.78 is 5.20. The number of ether oxygens (including phenoxy) is 1. The first-order valence-electron chi connectivity index (χ1n) is 7.59. The quantitative estimate of drug-likeness (QED) is 0.912. The van der Waals surface area contributed by atoms with Crippen LogP contribution in [-0.2, 0) is 0 Å². The molecule has 1 aliphatic heterocycles. The molecule has 1 aromatic carbocycles. The minimum Gasteiger partial charge on any atom is -0.497 e. The fourth-order valence-electron chi connectivity index (χ4n) is 3.45. The van der Waals surface area contributed by atoms with Crippen molar-refractivity contribution in [2.75, 3.05) is 38.2 Å². The highest BCUT2D eigenvalue weighted by molar-refractivity contribution is 5.49. The van der Waals surface area contributed by atoms with Gasteiger partial charge in [-0.15, -0.1) is 0 Å². The summed E-state index contributed by atoms with van der Waals surface area (Å²) in [6.45, 7) is 4.17. The summed E-state index contributed by atoms with van der Waals surface area (Å²) in [4.78, 5) is 4.88. The Labute approximate surface area is 120 Å². The van der Waals surface area contributed by atoms with E-state index in [2.05, 4.69) is 21.9 Å². The van der Waals surface area contributed by atoms with Crippen molar-refractivity contribution in [3.63, 3.8) is 0 Å². The Morgan fingerprint density at radius 2 is 1.75 bits per heavy atom. The van der Waals surface area contributed by atoms with Gasteiger partial charge in [0.05, 0.1) is 13.2 Å². The monoisotopic (exact) mass is 276 g/mol. The van der Waals surface area contributed by atoms with Crippen molar-refractivity contribution in [2.24, 2.45) is 0 Å². The number of methoxy groups -OCH3 is 1. The smallest absolute Gasteiger partial charge is 0.119 e. The van der Waals surface area contributed by atoms with Crippen LogP contribution in [0, 0.1) is 0 Å². The van der Waals surface area contributed by atoms with Crippen molar-refractivity contribution in [1.29, 1.82) is 0 Å². The number of anilines is 1. The number of hydrogen-bond acceptors (Lipinski definition) is 4. The summed E-state index contributed by atoms with van der Waals surface area (Å²) in [6.07, 6.45) is 3.19. The predicted molar refractivity (Wildman–Crippen MR) is 80.4 cm³/mol. The van der Waals surface area contributed by atoms with Crippen LogP contribution in [-0.4, -0.2) is 55.4 Å². The topological polar surface area (TPSA) is 35.9 Å². The zero-order valence-corrected chi connectivity index (χ0v) is 12.2. The molecule has 2 atom stereocenters. The maximum Gasteiger partial charge on any atom is 0.119 e. The van der Waals surface area contributed by atoms with Gasteiger partial charge in [-0.25, -0.2) is 0 Å². The van der Waals surface area contributed by atoms with E-state index in [1.54, 1.807) is 7.11 Å². The molecule has 0 bridgehead atoms. The van der Waals surface area contributed by atoms with E-state index in [9.17, 15) is 5.11 Å². The third kappa shape index (κ3) is 2.76. The summed E-state index contributed by atoms with van der Waals surface area (Å²) in [5, 5.41) is 10.0. The average molecular weight is 276 g/mol. The molecule has 0 aromatic heterocycles. The second kappa shape index (κ2) is 6.02. The largest absolute Gasteiger partial charge is 0.497 e. The first-order chi connectivity index (χ1) is 9.78. The van der Waals surface area contributed by atoms with Crippen LogP contribution in [0.1, 0.15) is 19.3 Å². The maximum absolute atomic E-state index is 10.0. The van der Waals surface area contributed by atoms with Crippen LogP contribution in [0.25, 0.3) is 0 Å². The molecule has 20 heavy (non-hydrogen) atoms. The van der Waals surface area contributed by atoms with Crippen molar-refractivity contribution < 1.29 is 9.84 Å². The first kappa shape index (κ1) is 13.7. The van der Waals surface area contributed by atoms with E-state index in [1.165, 1.54) is 12.1 Å². The van der Waals surface area contributed by atoms with Gasteiger partial charge >= 0.3 is 0 Å². The van der Waals surface area contributed by atoms with Crippen LogP contribution >= 0.6 is 0 Å². The summed E-state index contributed by atoms with van der Waals surface area (Å²) in [6, 6.07) is 8.68. The molecule has 0 amide bonds. The molecule has 0 spiro atoms. The van der Waals surface area contributed by atoms with Crippen LogP contribution in [0.4, 0.5) is 5.69 Å². The van der Waals surface area contributed by atoms with E-state index < -0.39 is 0 Å². The fraction of sp³-hybridized carbons (Fsp3) is 0.625. The lowest BCUT2D eigenvalue weighted by molar-refractivity contribution is 0.0671. The van der Waals surface area contributed by atoms with Crippen molar-refractivity contribution in [3.8, 4) is 5.75 Å². The molecule has 2 aliphatic rings. The van der Waals surface area contributed by atoms with E-state index in [0.29, 0.717) is 6.04 Å². The molecule has 1 saturated carbocycles. The molecule has 4 heteroatoms. The van der Waals surface area contributed by atoms with Gasteiger partial charge in [-0.1, -0.05) is 0 Å². The molecule has 1 heterocycles.